The Balaban J connectivity index is 1.55. The molecule has 0 aliphatic carbocycles. The number of hydrogen-bond donors (Lipinski definition) is 1. The van der Waals surface area contributed by atoms with Crippen LogP contribution in [-0.4, -0.2) is 34.7 Å². The van der Waals surface area contributed by atoms with Crippen molar-refractivity contribution in [3.63, 3.8) is 0 Å². The van der Waals surface area contributed by atoms with Crippen molar-refractivity contribution in [2.45, 2.75) is 32.7 Å². The monoisotopic (exact) mass is 392 g/mol. The lowest BCUT2D eigenvalue weighted by Gasteiger charge is -2.23. The summed E-state index contributed by atoms with van der Waals surface area (Å²) in [6.07, 6.45) is 1.67. The highest BCUT2D eigenvalue weighted by Crippen LogP contribution is 2.34. The molecular weight excluding hydrogens is 368 g/mol. The van der Waals surface area contributed by atoms with Gasteiger partial charge in [-0.15, -0.1) is 0 Å². The lowest BCUT2D eigenvalue weighted by Crippen LogP contribution is -2.34. The molecule has 1 aromatic heterocycles. The Bertz CT molecular complexity index is 1030. The summed E-state index contributed by atoms with van der Waals surface area (Å²) >= 11 is 0. The van der Waals surface area contributed by atoms with Gasteiger partial charge in [-0.25, -0.2) is 4.79 Å². The number of amides is 2. The molecule has 1 saturated heterocycles. The third-order valence-corrected chi connectivity index (χ3v) is 5.22. The van der Waals surface area contributed by atoms with Crippen LogP contribution in [0.5, 0.6) is 5.75 Å². The van der Waals surface area contributed by atoms with Gasteiger partial charge in [-0.05, 0) is 56.0 Å². The molecule has 7 heteroatoms. The molecule has 0 radical (unpaired) electrons. The SMILES string of the molecule is COc1ccccc1-c1noc([C@H]2CCCN2C(=O)Nc2cc(C)ccc2C)n1. The highest BCUT2D eigenvalue weighted by Gasteiger charge is 2.34. The van der Waals surface area contributed by atoms with Crippen LogP contribution in [0, 0.1) is 13.8 Å². The predicted octanol–water partition coefficient (Wildman–Crippen LogP) is 4.73. The number of rotatable bonds is 4. The van der Waals surface area contributed by atoms with Crippen LogP contribution >= 0.6 is 0 Å². The molecule has 150 valence electrons. The Morgan fingerprint density at radius 2 is 2.07 bits per heavy atom. The Hall–Kier alpha value is -3.35. The third-order valence-electron chi connectivity index (χ3n) is 5.22. The lowest BCUT2D eigenvalue weighted by molar-refractivity contribution is 0.193. The van der Waals surface area contributed by atoms with Crippen molar-refractivity contribution in [2.24, 2.45) is 0 Å². The molecular formula is C22H24N4O3. The minimum Gasteiger partial charge on any atom is -0.496 e. The van der Waals surface area contributed by atoms with E-state index in [1.807, 2.05) is 56.3 Å². The largest absolute Gasteiger partial charge is 0.496 e. The molecule has 1 aliphatic heterocycles. The number of aromatic nitrogens is 2. The van der Waals surface area contributed by atoms with E-state index < -0.39 is 0 Å². The number of urea groups is 1. The number of anilines is 1. The molecule has 1 N–H and O–H groups in total. The first-order chi connectivity index (χ1) is 14.1. The Labute approximate surface area is 169 Å². The molecule has 2 aromatic carbocycles. The maximum Gasteiger partial charge on any atom is 0.322 e. The number of benzene rings is 2. The van der Waals surface area contributed by atoms with Gasteiger partial charge in [0, 0.05) is 12.2 Å². The maximum absolute atomic E-state index is 12.9. The van der Waals surface area contributed by atoms with Crippen LogP contribution in [0.3, 0.4) is 0 Å². The molecule has 2 heterocycles. The van der Waals surface area contributed by atoms with E-state index in [-0.39, 0.29) is 12.1 Å². The zero-order valence-corrected chi connectivity index (χ0v) is 16.8. The quantitative estimate of drug-likeness (QED) is 0.694. The van der Waals surface area contributed by atoms with Crippen molar-refractivity contribution in [3.8, 4) is 17.1 Å². The Morgan fingerprint density at radius 1 is 1.24 bits per heavy atom. The Kier molecular flexibility index (Phi) is 5.20. The van der Waals surface area contributed by atoms with Crippen molar-refractivity contribution in [3.05, 3.63) is 59.5 Å². The average Bonchev–Trinajstić information content (AvgIpc) is 3.40. The minimum atomic E-state index is -0.240. The number of carbonyl (C=O) groups is 1. The first-order valence-corrected chi connectivity index (χ1v) is 9.68. The van der Waals surface area contributed by atoms with Gasteiger partial charge in [-0.2, -0.15) is 4.98 Å². The van der Waals surface area contributed by atoms with E-state index in [1.54, 1.807) is 12.0 Å². The summed E-state index contributed by atoms with van der Waals surface area (Å²) in [7, 11) is 1.61. The van der Waals surface area contributed by atoms with Gasteiger partial charge in [0.25, 0.3) is 0 Å². The van der Waals surface area contributed by atoms with Crippen LogP contribution in [0.2, 0.25) is 0 Å². The fraction of sp³-hybridized carbons (Fsp3) is 0.318. The lowest BCUT2D eigenvalue weighted by atomic mass is 10.1. The number of ether oxygens (including phenoxy) is 1. The molecule has 4 rings (SSSR count). The number of methoxy groups -OCH3 is 1. The number of carbonyl (C=O) groups excluding carboxylic acids is 1. The summed E-state index contributed by atoms with van der Waals surface area (Å²) in [4.78, 5) is 19.3. The van der Waals surface area contributed by atoms with Crippen molar-refractivity contribution in [1.82, 2.24) is 15.0 Å². The minimum absolute atomic E-state index is 0.154. The zero-order chi connectivity index (χ0) is 20.4. The summed E-state index contributed by atoms with van der Waals surface area (Å²) in [6.45, 7) is 4.63. The number of aryl methyl sites for hydroxylation is 2. The summed E-state index contributed by atoms with van der Waals surface area (Å²) in [5.41, 5.74) is 3.70. The van der Waals surface area contributed by atoms with Gasteiger partial charge in [0.2, 0.25) is 11.7 Å². The van der Waals surface area contributed by atoms with Gasteiger partial charge in [-0.3, -0.25) is 0 Å². The molecule has 3 aromatic rings. The molecule has 29 heavy (non-hydrogen) atoms. The topological polar surface area (TPSA) is 80.5 Å². The van der Waals surface area contributed by atoms with E-state index in [1.165, 1.54) is 0 Å². The highest BCUT2D eigenvalue weighted by atomic mass is 16.5. The van der Waals surface area contributed by atoms with Gasteiger partial charge < -0.3 is 19.5 Å². The van der Waals surface area contributed by atoms with Crippen molar-refractivity contribution < 1.29 is 14.1 Å². The number of para-hydroxylation sites is 1. The first-order valence-electron chi connectivity index (χ1n) is 9.68. The molecule has 2 amide bonds. The van der Waals surface area contributed by atoms with Gasteiger partial charge >= 0.3 is 6.03 Å². The van der Waals surface area contributed by atoms with E-state index in [4.69, 9.17) is 9.26 Å². The number of hydrogen-bond acceptors (Lipinski definition) is 5. The summed E-state index contributed by atoms with van der Waals surface area (Å²) in [5, 5.41) is 7.15. The highest BCUT2D eigenvalue weighted by molar-refractivity contribution is 5.90. The Morgan fingerprint density at radius 3 is 2.90 bits per heavy atom. The normalized spacial score (nSPS) is 16.1. The number of nitrogens with one attached hydrogen (secondary N) is 1. The summed E-state index contributed by atoms with van der Waals surface area (Å²) in [6, 6.07) is 13.1. The first kappa shape index (κ1) is 19.0. The predicted molar refractivity (Wildman–Crippen MR) is 110 cm³/mol. The molecule has 1 fully saturated rings. The van der Waals surface area contributed by atoms with Gasteiger partial charge in [0.1, 0.15) is 11.8 Å². The van der Waals surface area contributed by atoms with E-state index in [0.717, 1.165) is 35.2 Å². The maximum atomic E-state index is 12.9. The molecule has 1 aliphatic rings. The summed E-state index contributed by atoms with van der Waals surface area (Å²) < 4.78 is 10.9. The van der Waals surface area contributed by atoms with Crippen LogP contribution < -0.4 is 10.1 Å². The van der Waals surface area contributed by atoms with Gasteiger partial charge in [-0.1, -0.05) is 29.4 Å². The second kappa shape index (κ2) is 7.95. The van der Waals surface area contributed by atoms with Crippen LogP contribution in [0.15, 0.2) is 47.0 Å². The number of likely N-dealkylation sites (tertiary alicyclic amines) is 1. The van der Waals surface area contributed by atoms with Crippen molar-refractivity contribution >= 4 is 11.7 Å². The molecule has 7 nitrogen and oxygen atoms in total. The molecule has 0 spiro atoms. The van der Waals surface area contributed by atoms with E-state index in [0.29, 0.717) is 24.0 Å². The molecule has 0 bridgehead atoms. The molecule has 0 saturated carbocycles. The fourth-order valence-corrected chi connectivity index (χ4v) is 3.63. The fourth-order valence-electron chi connectivity index (χ4n) is 3.63. The van der Waals surface area contributed by atoms with Crippen molar-refractivity contribution in [2.75, 3.05) is 19.0 Å². The standard InChI is InChI=1S/C22H24N4O3/c1-14-10-11-15(2)17(13-14)23-22(27)26-12-6-8-18(26)21-24-20(25-29-21)16-7-4-5-9-19(16)28-3/h4-5,7,9-11,13,18H,6,8,12H2,1-3H3,(H,23,27)/t18-/m1/s1. The zero-order valence-electron chi connectivity index (χ0n) is 16.8. The molecule has 1 atom stereocenters. The molecule has 0 unspecified atom stereocenters. The van der Waals surface area contributed by atoms with Crippen LogP contribution in [-0.2, 0) is 0 Å². The average molecular weight is 392 g/mol. The van der Waals surface area contributed by atoms with E-state index >= 15 is 0 Å². The summed E-state index contributed by atoms with van der Waals surface area (Å²) in [5.74, 6) is 1.58. The third kappa shape index (κ3) is 3.81. The van der Waals surface area contributed by atoms with E-state index in [2.05, 4.69) is 15.5 Å². The number of nitrogens with zero attached hydrogens (tertiary/aromatic N) is 3. The van der Waals surface area contributed by atoms with Gasteiger partial charge in [0.15, 0.2) is 0 Å². The van der Waals surface area contributed by atoms with Crippen LogP contribution in [0.25, 0.3) is 11.4 Å². The smallest absolute Gasteiger partial charge is 0.322 e. The van der Waals surface area contributed by atoms with Crippen LogP contribution in [0.4, 0.5) is 10.5 Å². The van der Waals surface area contributed by atoms with Crippen LogP contribution in [0.1, 0.15) is 35.9 Å². The van der Waals surface area contributed by atoms with Crippen molar-refractivity contribution in [1.29, 1.82) is 0 Å². The second-order valence-corrected chi connectivity index (χ2v) is 7.26. The van der Waals surface area contributed by atoms with Gasteiger partial charge in [0.05, 0.1) is 12.7 Å². The van der Waals surface area contributed by atoms with E-state index in [9.17, 15) is 4.79 Å². The second-order valence-electron chi connectivity index (χ2n) is 7.26.